The molecule has 95 heavy (non-hydrogen) atoms. The van der Waals surface area contributed by atoms with Gasteiger partial charge in [-0.2, -0.15) is 0 Å². The summed E-state index contributed by atoms with van der Waals surface area (Å²) >= 11 is 0. The van der Waals surface area contributed by atoms with Gasteiger partial charge in [0.1, 0.15) is 0 Å². The Morgan fingerprint density at radius 3 is 0.495 bits per heavy atom. The molecule has 0 spiro atoms. The van der Waals surface area contributed by atoms with Gasteiger partial charge in [0, 0.05) is 24.1 Å². The van der Waals surface area contributed by atoms with Gasteiger partial charge in [0.05, 0.1) is 25.2 Å². The summed E-state index contributed by atoms with van der Waals surface area (Å²) in [5.41, 5.74) is 0. The molecule has 0 saturated carbocycles. The van der Waals surface area contributed by atoms with Gasteiger partial charge in [-0.15, -0.1) is 0 Å². The van der Waals surface area contributed by atoms with Crippen LogP contribution < -0.4 is 79.5 Å². The second-order valence-corrected chi connectivity index (χ2v) is 26.4. The van der Waals surface area contributed by atoms with Gasteiger partial charge in [0.25, 0.3) is 0 Å². The molecule has 0 aromatic carbocycles. The summed E-state index contributed by atoms with van der Waals surface area (Å²) in [6, 6.07) is 0. The first-order valence-electron chi connectivity index (χ1n) is 39.4. The molecule has 0 aromatic rings. The molecule has 0 aliphatic carbocycles. The topological polar surface area (TPSA) is 213 Å². The summed E-state index contributed by atoms with van der Waals surface area (Å²) in [7, 11) is 0. The molecule has 0 amide bonds. The minimum Gasteiger partial charge on any atom is -0.550 e. The Kier molecular flexibility index (Phi) is 113. The molecule has 12 nitrogen and oxygen atoms in total. The number of carbonyl (C=O) groups is 6. The molecular weight excluding hydrogens is 1220 g/mol. The smallest absolute Gasteiger partial charge is 0.550 e. The molecule has 544 valence electrons. The summed E-state index contributed by atoms with van der Waals surface area (Å²) in [6.45, 7) is 9.77. The predicted molar refractivity (Wildman–Crippen MR) is 384 cm³/mol. The summed E-state index contributed by atoms with van der Waals surface area (Å²) in [5.74, 6) is -5.81. The van der Waals surface area contributed by atoms with Gasteiger partial charge >= 0.3 is 94.1 Å². The monoisotopic (exact) mass is 1370 g/mol. The van der Waals surface area contributed by atoms with E-state index in [9.17, 15) is 49.2 Å². The van der Waals surface area contributed by atoms with Gasteiger partial charge in [0.15, 0.2) is 0 Å². The average Bonchev–Trinajstić information content (AvgIpc) is 3.56. The largest absolute Gasteiger partial charge is 2.00 e. The van der Waals surface area contributed by atoms with E-state index in [4.69, 9.17) is 9.47 Å². The fourth-order valence-corrected chi connectivity index (χ4v) is 11.3. The predicted octanol–water partition coefficient (Wildman–Crippen LogP) is 13.8. The van der Waals surface area contributed by atoms with Crippen molar-refractivity contribution in [3.8, 4) is 0 Å². The molecule has 0 heterocycles. The number of rotatable bonds is 70. The maximum atomic E-state index is 11.1. The first kappa shape index (κ1) is 107. The summed E-state index contributed by atoms with van der Waals surface area (Å²) in [6.07, 6.45) is 84.6. The number of ether oxygens (including phenoxy) is 2. The van der Waals surface area contributed by atoms with Crippen molar-refractivity contribution in [2.45, 2.75) is 439 Å². The normalized spacial score (nSPS) is 10.7. The molecule has 0 radical (unpaired) electrons. The van der Waals surface area contributed by atoms with Crippen LogP contribution in [-0.2, 0) is 38.2 Å². The van der Waals surface area contributed by atoms with Crippen molar-refractivity contribution in [1.29, 1.82) is 0 Å². The van der Waals surface area contributed by atoms with Crippen molar-refractivity contribution >= 4 is 58.9 Å². The Morgan fingerprint density at radius 2 is 0.358 bits per heavy atom. The van der Waals surface area contributed by atoms with Crippen LogP contribution in [0.1, 0.15) is 439 Å². The van der Waals surface area contributed by atoms with E-state index in [2.05, 4.69) is 27.7 Å². The number of carbonyl (C=O) groups excluding carboxylic acids is 6. The minimum atomic E-state index is -1.38. The van der Waals surface area contributed by atoms with E-state index < -0.39 is 35.8 Å². The molecule has 0 fully saturated rings. The number of carboxylic acid groups (broad SMARTS) is 4. The van der Waals surface area contributed by atoms with Crippen molar-refractivity contribution in [1.82, 2.24) is 0 Å². The van der Waals surface area contributed by atoms with E-state index in [1.54, 1.807) is 0 Å². The van der Waals surface area contributed by atoms with Gasteiger partial charge in [-0.1, -0.05) is 400 Å². The molecule has 0 bridgehead atoms. The van der Waals surface area contributed by atoms with Crippen molar-refractivity contribution in [2.75, 3.05) is 13.2 Å². The van der Waals surface area contributed by atoms with E-state index in [0.717, 1.165) is 63.5 Å². The number of esters is 2. The zero-order valence-corrected chi connectivity index (χ0v) is 69.0. The van der Waals surface area contributed by atoms with Crippen LogP contribution in [0.4, 0.5) is 0 Å². The van der Waals surface area contributed by atoms with Crippen molar-refractivity contribution in [3.63, 3.8) is 0 Å². The molecule has 0 N–H and O–H groups in total. The average molecular weight is 1370 g/mol. The number of hydrogen-bond acceptors (Lipinski definition) is 12. The second-order valence-electron chi connectivity index (χ2n) is 26.4. The van der Waals surface area contributed by atoms with E-state index in [-0.39, 0.29) is 95.0 Å². The number of unbranched alkanes of at least 4 members (excludes halogenated alkanes) is 58. The standard InChI is InChI=1S/2C22H40O4.2C18H36O2.Mg.2Na/c2*1-2-3-4-5-6-7-8-9-10-11-12-13-14-15-16-17-20-26-22(25)19-18-21(23)24;2*1-2-3-4-5-6-7-8-9-10-11-12-13-14-15-16-17-18(19)20;;;/h2*18-19H,2-17,20H2,1H3,(H,23,24);2*2-17H2,1H3,(H,19,20);;;/q;;;;+2;2*+1/p-4/b2*19-18+;;;;;. The van der Waals surface area contributed by atoms with Gasteiger partial charge in [-0.05, 0) is 50.7 Å². The van der Waals surface area contributed by atoms with Crippen LogP contribution in [0.15, 0.2) is 24.3 Å². The second kappa shape index (κ2) is 99.4. The van der Waals surface area contributed by atoms with Crippen LogP contribution in [-0.4, -0.2) is 72.1 Å². The molecule has 15 heteroatoms. The first-order chi connectivity index (χ1) is 44.9. The Hall–Kier alpha value is -0.934. The van der Waals surface area contributed by atoms with Gasteiger partial charge in [-0.3, -0.25) is 0 Å². The molecule has 0 aliphatic heterocycles. The first-order valence-corrected chi connectivity index (χ1v) is 39.4. The zero-order valence-electron chi connectivity index (χ0n) is 63.6. The van der Waals surface area contributed by atoms with Crippen molar-refractivity contribution < 1.29 is 118 Å². The molecule has 0 rings (SSSR count). The maximum absolute atomic E-state index is 11.1. The van der Waals surface area contributed by atoms with Gasteiger partial charge in [0.2, 0.25) is 0 Å². The molecular formula is C80H148MgNa2O12. The summed E-state index contributed by atoms with van der Waals surface area (Å²) < 4.78 is 9.79. The number of carboxylic acids is 4. The third-order valence-corrected chi connectivity index (χ3v) is 17.2. The minimum absolute atomic E-state index is 0. The van der Waals surface area contributed by atoms with Crippen LogP contribution in [0, 0.1) is 0 Å². The SMILES string of the molecule is CCCCCCCCCCCCCCCCCC(=O)[O-].CCCCCCCCCCCCCCCCCC(=O)[O-].CCCCCCCCCCCCCCCCCCOC(=O)/C=C/C(=O)[O-].CCCCCCCCCCCCCCCCCCOC(=O)/C=C/C(=O)[O-].[Mg+2].[Na+].[Na+]. The Labute approximate surface area is 647 Å². The van der Waals surface area contributed by atoms with Crippen LogP contribution >= 0.6 is 0 Å². The van der Waals surface area contributed by atoms with Crippen LogP contribution in [0.2, 0.25) is 0 Å². The molecule has 0 unspecified atom stereocenters. The van der Waals surface area contributed by atoms with Crippen molar-refractivity contribution in [2.24, 2.45) is 0 Å². The summed E-state index contributed by atoms with van der Waals surface area (Å²) in [5, 5.41) is 40.7. The Balaban J connectivity index is -0.000000217. The van der Waals surface area contributed by atoms with E-state index in [1.807, 2.05) is 0 Å². The number of aliphatic carboxylic acids is 4. The van der Waals surface area contributed by atoms with Gasteiger partial charge in [-0.25, -0.2) is 9.59 Å². The van der Waals surface area contributed by atoms with Crippen LogP contribution in [0.5, 0.6) is 0 Å². The van der Waals surface area contributed by atoms with Crippen LogP contribution in [0.3, 0.4) is 0 Å². The maximum Gasteiger partial charge on any atom is 2.00 e. The Morgan fingerprint density at radius 1 is 0.221 bits per heavy atom. The van der Waals surface area contributed by atoms with E-state index >= 15 is 0 Å². The van der Waals surface area contributed by atoms with Crippen molar-refractivity contribution in [3.05, 3.63) is 24.3 Å². The summed E-state index contributed by atoms with van der Waals surface area (Å²) in [4.78, 5) is 62.9. The fraction of sp³-hybridized carbons (Fsp3) is 0.875. The third kappa shape index (κ3) is 117. The number of hydrogen-bond donors (Lipinski definition) is 0. The molecule has 0 saturated heterocycles. The quantitative estimate of drug-likeness (QED) is 0.0241. The molecule has 0 aromatic heterocycles. The van der Waals surface area contributed by atoms with E-state index in [1.165, 1.54) is 347 Å². The van der Waals surface area contributed by atoms with Crippen LogP contribution in [0.25, 0.3) is 0 Å². The molecule has 0 atom stereocenters. The Bertz CT molecular complexity index is 1490. The van der Waals surface area contributed by atoms with E-state index in [0.29, 0.717) is 25.4 Å². The third-order valence-electron chi connectivity index (χ3n) is 17.2. The molecule has 0 aliphatic rings. The fourth-order valence-electron chi connectivity index (χ4n) is 11.3. The van der Waals surface area contributed by atoms with Gasteiger partial charge < -0.3 is 49.1 Å². The zero-order chi connectivity index (χ0) is 68.4.